The fraction of sp³-hybridized carbons (Fsp3) is 0.385. The van der Waals surface area contributed by atoms with Gasteiger partial charge in [-0.15, -0.1) is 0 Å². The zero-order valence-corrected chi connectivity index (χ0v) is 11.6. The van der Waals surface area contributed by atoms with Crippen LogP contribution in [-0.2, 0) is 4.79 Å². The number of thioether (sulfide) groups is 1. The van der Waals surface area contributed by atoms with Crippen molar-refractivity contribution in [1.29, 1.82) is 0 Å². The van der Waals surface area contributed by atoms with Crippen LogP contribution in [-0.4, -0.2) is 41.3 Å². The van der Waals surface area contributed by atoms with Crippen molar-refractivity contribution < 1.29 is 19.4 Å². The maximum atomic E-state index is 11.9. The van der Waals surface area contributed by atoms with E-state index in [1.54, 1.807) is 24.3 Å². The number of carbonyl (C=O) groups is 2. The Bertz CT molecular complexity index is 489. The molecule has 1 aromatic rings. The highest BCUT2D eigenvalue weighted by Crippen LogP contribution is 2.24. The lowest BCUT2D eigenvalue weighted by Crippen LogP contribution is -2.37. The van der Waals surface area contributed by atoms with E-state index in [9.17, 15) is 9.59 Å². The van der Waals surface area contributed by atoms with Crippen LogP contribution in [0.1, 0.15) is 6.42 Å². The summed E-state index contributed by atoms with van der Waals surface area (Å²) in [5, 5.41) is 14.2. The van der Waals surface area contributed by atoms with E-state index in [2.05, 4.69) is 10.6 Å². The molecule has 1 aliphatic rings. The van der Waals surface area contributed by atoms with Gasteiger partial charge in [0.2, 0.25) is 0 Å². The van der Waals surface area contributed by atoms with E-state index < -0.39 is 12.6 Å². The molecular formula is C13H16N2O4S. The molecule has 3 N–H and O–H groups in total. The van der Waals surface area contributed by atoms with E-state index in [-0.39, 0.29) is 12.1 Å². The number of carboxylic acids is 1. The van der Waals surface area contributed by atoms with Gasteiger partial charge in [-0.25, -0.2) is 9.59 Å². The summed E-state index contributed by atoms with van der Waals surface area (Å²) >= 11 is 1.81. The number of rotatable bonds is 5. The Kier molecular flexibility index (Phi) is 5.11. The highest BCUT2D eigenvalue weighted by molar-refractivity contribution is 7.99. The van der Waals surface area contributed by atoms with Gasteiger partial charge in [0.1, 0.15) is 5.75 Å². The third kappa shape index (κ3) is 4.34. The van der Waals surface area contributed by atoms with Gasteiger partial charge in [-0.1, -0.05) is 12.1 Å². The number of benzene rings is 1. The van der Waals surface area contributed by atoms with Gasteiger partial charge in [0.25, 0.3) is 0 Å². The van der Waals surface area contributed by atoms with Crippen molar-refractivity contribution >= 4 is 29.4 Å². The molecule has 1 heterocycles. The van der Waals surface area contributed by atoms with Gasteiger partial charge in [0.15, 0.2) is 6.61 Å². The molecule has 0 spiro atoms. The van der Waals surface area contributed by atoms with Crippen LogP contribution in [0.4, 0.5) is 10.5 Å². The second-order valence-electron chi connectivity index (χ2n) is 4.34. The predicted octanol–water partition coefficient (Wildman–Crippen LogP) is 1.78. The topological polar surface area (TPSA) is 87.7 Å². The van der Waals surface area contributed by atoms with Gasteiger partial charge >= 0.3 is 12.0 Å². The van der Waals surface area contributed by atoms with Crippen molar-refractivity contribution in [2.75, 3.05) is 23.4 Å². The normalized spacial score (nSPS) is 17.5. The molecule has 1 atom stereocenters. The van der Waals surface area contributed by atoms with Crippen LogP contribution in [0.5, 0.6) is 5.75 Å². The summed E-state index contributed by atoms with van der Waals surface area (Å²) in [4.78, 5) is 22.4. The Labute approximate surface area is 120 Å². The number of anilines is 1. The first kappa shape index (κ1) is 14.5. The third-order valence-electron chi connectivity index (χ3n) is 2.75. The lowest BCUT2D eigenvalue weighted by atomic mass is 10.2. The second kappa shape index (κ2) is 7.04. The molecule has 1 aliphatic heterocycles. The van der Waals surface area contributed by atoms with Gasteiger partial charge in [-0.2, -0.15) is 11.8 Å². The number of hydrogen-bond acceptors (Lipinski definition) is 4. The van der Waals surface area contributed by atoms with Crippen LogP contribution < -0.4 is 15.4 Å². The molecule has 6 nitrogen and oxygen atoms in total. The van der Waals surface area contributed by atoms with Crippen molar-refractivity contribution in [2.24, 2.45) is 0 Å². The number of carboxylic acid groups (broad SMARTS) is 1. The number of hydrogen-bond donors (Lipinski definition) is 3. The second-order valence-corrected chi connectivity index (χ2v) is 5.49. The average Bonchev–Trinajstić information content (AvgIpc) is 2.90. The van der Waals surface area contributed by atoms with E-state index in [0.29, 0.717) is 11.4 Å². The van der Waals surface area contributed by atoms with E-state index >= 15 is 0 Å². The number of nitrogens with one attached hydrogen (secondary N) is 2. The fourth-order valence-electron chi connectivity index (χ4n) is 1.83. The van der Waals surface area contributed by atoms with Crippen molar-refractivity contribution in [3.05, 3.63) is 24.3 Å². The minimum Gasteiger partial charge on any atom is -0.480 e. The first-order valence-corrected chi connectivity index (χ1v) is 7.39. The number of ether oxygens (including phenoxy) is 1. The third-order valence-corrected chi connectivity index (χ3v) is 3.91. The SMILES string of the molecule is O=C(O)COc1ccccc1NC(=O)NC1CCSC1. The summed E-state index contributed by atoms with van der Waals surface area (Å²) in [6, 6.07) is 6.63. The first-order valence-electron chi connectivity index (χ1n) is 6.24. The summed E-state index contributed by atoms with van der Waals surface area (Å²) < 4.78 is 5.12. The van der Waals surface area contributed by atoms with Gasteiger partial charge in [-0.05, 0) is 24.3 Å². The molecule has 0 saturated carbocycles. The van der Waals surface area contributed by atoms with E-state index in [1.807, 2.05) is 11.8 Å². The van der Waals surface area contributed by atoms with Crippen molar-refractivity contribution in [3.8, 4) is 5.75 Å². The molecule has 108 valence electrons. The molecule has 20 heavy (non-hydrogen) atoms. The minimum atomic E-state index is -1.06. The Morgan fingerprint density at radius 1 is 1.40 bits per heavy atom. The number of urea groups is 1. The van der Waals surface area contributed by atoms with Gasteiger partial charge in [-0.3, -0.25) is 0 Å². The van der Waals surface area contributed by atoms with Gasteiger partial charge < -0.3 is 20.5 Å². The molecule has 1 fully saturated rings. The van der Waals surface area contributed by atoms with Crippen LogP contribution in [0.3, 0.4) is 0 Å². The molecule has 0 radical (unpaired) electrons. The van der Waals surface area contributed by atoms with Gasteiger partial charge in [0.05, 0.1) is 5.69 Å². The Morgan fingerprint density at radius 3 is 2.90 bits per heavy atom. The molecule has 1 unspecified atom stereocenters. The average molecular weight is 296 g/mol. The van der Waals surface area contributed by atoms with Crippen molar-refractivity contribution in [2.45, 2.75) is 12.5 Å². The molecule has 2 rings (SSSR count). The van der Waals surface area contributed by atoms with E-state index in [4.69, 9.17) is 9.84 Å². The van der Waals surface area contributed by atoms with E-state index in [1.165, 1.54) is 0 Å². The van der Waals surface area contributed by atoms with Crippen LogP contribution in [0, 0.1) is 0 Å². The Hall–Kier alpha value is -1.89. The predicted molar refractivity (Wildman–Crippen MR) is 77.5 cm³/mol. The summed E-state index contributed by atoms with van der Waals surface area (Å²) in [6.07, 6.45) is 0.968. The van der Waals surface area contributed by atoms with Crippen LogP contribution >= 0.6 is 11.8 Å². The molecule has 2 amide bonds. The number of amides is 2. The molecule has 0 bridgehead atoms. The number of para-hydroxylation sites is 2. The number of aliphatic carboxylic acids is 1. The van der Waals surface area contributed by atoms with Gasteiger partial charge in [0, 0.05) is 11.8 Å². The quantitative estimate of drug-likeness (QED) is 0.771. The molecule has 7 heteroatoms. The van der Waals surface area contributed by atoms with Crippen LogP contribution in [0.25, 0.3) is 0 Å². The highest BCUT2D eigenvalue weighted by atomic mass is 32.2. The lowest BCUT2D eigenvalue weighted by molar-refractivity contribution is -0.139. The molecule has 0 aromatic heterocycles. The summed E-state index contributed by atoms with van der Waals surface area (Å²) in [5.41, 5.74) is 0.455. The fourth-order valence-corrected chi connectivity index (χ4v) is 2.98. The summed E-state index contributed by atoms with van der Waals surface area (Å²) in [5.74, 6) is 1.26. The highest BCUT2D eigenvalue weighted by Gasteiger charge is 2.18. The Balaban J connectivity index is 1.93. The Morgan fingerprint density at radius 2 is 2.20 bits per heavy atom. The maximum Gasteiger partial charge on any atom is 0.341 e. The zero-order valence-electron chi connectivity index (χ0n) is 10.8. The summed E-state index contributed by atoms with van der Waals surface area (Å²) in [7, 11) is 0. The molecular weight excluding hydrogens is 280 g/mol. The molecule has 1 aromatic carbocycles. The largest absolute Gasteiger partial charge is 0.480 e. The molecule has 0 aliphatic carbocycles. The lowest BCUT2D eigenvalue weighted by Gasteiger charge is -2.14. The number of carbonyl (C=O) groups excluding carboxylic acids is 1. The maximum absolute atomic E-state index is 11.9. The van der Waals surface area contributed by atoms with Crippen LogP contribution in [0.2, 0.25) is 0 Å². The minimum absolute atomic E-state index is 0.187. The monoisotopic (exact) mass is 296 g/mol. The van der Waals surface area contributed by atoms with Crippen molar-refractivity contribution in [3.63, 3.8) is 0 Å². The van der Waals surface area contributed by atoms with Crippen LogP contribution in [0.15, 0.2) is 24.3 Å². The van der Waals surface area contributed by atoms with E-state index in [0.717, 1.165) is 17.9 Å². The van der Waals surface area contributed by atoms with Crippen molar-refractivity contribution in [1.82, 2.24) is 5.32 Å². The zero-order chi connectivity index (χ0) is 14.4. The first-order chi connectivity index (χ1) is 9.65. The summed E-state index contributed by atoms with van der Waals surface area (Å²) in [6.45, 7) is -0.445. The smallest absolute Gasteiger partial charge is 0.341 e. The standard InChI is InChI=1S/C13H16N2O4S/c16-12(17)7-19-11-4-2-1-3-10(11)15-13(18)14-9-5-6-20-8-9/h1-4,9H,5-8H2,(H,16,17)(H2,14,15,18). The molecule has 1 saturated heterocycles.